The number of ketones is 1. The molecule has 1 heterocycles. The van der Waals surface area contributed by atoms with Gasteiger partial charge in [-0.1, -0.05) is 12.1 Å². The van der Waals surface area contributed by atoms with E-state index in [1.807, 2.05) is 26.8 Å². The normalized spacial score (nSPS) is 11.0. The minimum Gasteiger partial charge on any atom is -0.347 e. The number of anilines is 2. The summed E-state index contributed by atoms with van der Waals surface area (Å²) in [5, 5.41) is 5.86. The second-order valence-electron chi connectivity index (χ2n) is 6.26. The molecule has 0 aliphatic heterocycles. The van der Waals surface area contributed by atoms with E-state index in [1.165, 1.54) is 19.3 Å². The van der Waals surface area contributed by atoms with Crippen LogP contribution >= 0.6 is 0 Å². The molecule has 0 aliphatic rings. The second kappa shape index (κ2) is 6.56. The van der Waals surface area contributed by atoms with Gasteiger partial charge in [-0.25, -0.2) is 9.97 Å². The van der Waals surface area contributed by atoms with Gasteiger partial charge < -0.3 is 10.6 Å². The Labute approximate surface area is 135 Å². The summed E-state index contributed by atoms with van der Waals surface area (Å²) < 4.78 is 0. The lowest BCUT2D eigenvalue weighted by atomic mass is 10.1. The van der Waals surface area contributed by atoms with Crippen LogP contribution in [0.4, 0.5) is 11.6 Å². The Morgan fingerprint density at radius 2 is 1.70 bits per heavy atom. The topological polar surface area (TPSA) is 84.0 Å². The van der Waals surface area contributed by atoms with Crippen molar-refractivity contribution in [2.24, 2.45) is 0 Å². The highest BCUT2D eigenvalue weighted by molar-refractivity contribution is 5.95. The molecule has 1 aromatic heterocycles. The van der Waals surface area contributed by atoms with Crippen molar-refractivity contribution < 1.29 is 9.59 Å². The number of carbonyl (C=O) groups excluding carboxylic acids is 2. The minimum atomic E-state index is -0.318. The van der Waals surface area contributed by atoms with E-state index in [0.717, 1.165) is 0 Å². The first-order valence-corrected chi connectivity index (χ1v) is 7.27. The summed E-state index contributed by atoms with van der Waals surface area (Å²) in [7, 11) is 0. The third kappa shape index (κ3) is 4.88. The zero-order valence-electron chi connectivity index (χ0n) is 13.7. The average Bonchev–Trinajstić information content (AvgIpc) is 2.46. The molecule has 23 heavy (non-hydrogen) atoms. The quantitative estimate of drug-likeness (QED) is 0.848. The molecule has 2 aromatic rings. The van der Waals surface area contributed by atoms with Gasteiger partial charge in [0.15, 0.2) is 5.78 Å². The summed E-state index contributed by atoms with van der Waals surface area (Å²) in [6.07, 6.45) is 2.93. The number of carbonyl (C=O) groups is 2. The van der Waals surface area contributed by atoms with Gasteiger partial charge >= 0.3 is 0 Å². The molecule has 0 bridgehead atoms. The second-order valence-corrected chi connectivity index (χ2v) is 6.26. The Hall–Kier alpha value is -2.76. The molecule has 2 rings (SSSR count). The van der Waals surface area contributed by atoms with E-state index >= 15 is 0 Å². The first-order chi connectivity index (χ1) is 10.7. The Morgan fingerprint density at radius 3 is 2.26 bits per heavy atom. The molecule has 1 aromatic carbocycles. The van der Waals surface area contributed by atoms with Crippen molar-refractivity contribution in [3.63, 3.8) is 0 Å². The van der Waals surface area contributed by atoms with Crippen molar-refractivity contribution in [3.05, 3.63) is 47.8 Å². The fraction of sp³-hybridized carbons (Fsp3) is 0.294. The number of aromatic nitrogens is 2. The van der Waals surface area contributed by atoms with Crippen LogP contribution in [0.3, 0.4) is 0 Å². The fourth-order valence-electron chi connectivity index (χ4n) is 1.87. The molecule has 6 heteroatoms. The average molecular weight is 312 g/mol. The summed E-state index contributed by atoms with van der Waals surface area (Å²) in [6.45, 7) is 7.23. The third-order valence-corrected chi connectivity index (χ3v) is 2.93. The van der Waals surface area contributed by atoms with Crippen LogP contribution in [0.1, 0.15) is 48.4 Å². The molecule has 0 fully saturated rings. The Kier molecular flexibility index (Phi) is 4.74. The van der Waals surface area contributed by atoms with Gasteiger partial charge in [0.1, 0.15) is 0 Å². The van der Waals surface area contributed by atoms with Crippen molar-refractivity contribution in [2.45, 2.75) is 33.2 Å². The number of benzene rings is 1. The lowest BCUT2D eigenvalue weighted by molar-refractivity contribution is 0.0918. The maximum atomic E-state index is 12.0. The van der Waals surface area contributed by atoms with Gasteiger partial charge in [0.05, 0.1) is 5.56 Å². The van der Waals surface area contributed by atoms with Gasteiger partial charge in [-0.2, -0.15) is 0 Å². The monoisotopic (exact) mass is 312 g/mol. The first-order valence-electron chi connectivity index (χ1n) is 7.27. The largest absolute Gasteiger partial charge is 0.347 e. The van der Waals surface area contributed by atoms with Gasteiger partial charge in [0, 0.05) is 29.2 Å². The Morgan fingerprint density at radius 1 is 1.04 bits per heavy atom. The zero-order chi connectivity index (χ0) is 17.0. The molecule has 1 amide bonds. The molecule has 0 spiro atoms. The Bertz CT molecular complexity index is 718. The van der Waals surface area contributed by atoms with Crippen LogP contribution in [-0.2, 0) is 0 Å². The van der Waals surface area contributed by atoms with Gasteiger partial charge in [0.2, 0.25) is 5.95 Å². The standard InChI is InChI=1S/C17H20N4O2/c1-11(22)12-6-5-7-14(8-12)20-16-18-9-13(10-19-16)15(23)21-17(2,3)4/h5-10H,1-4H3,(H,21,23)(H,18,19,20). The highest BCUT2D eigenvalue weighted by atomic mass is 16.1. The maximum Gasteiger partial charge on any atom is 0.254 e. The minimum absolute atomic E-state index is 0.0104. The predicted molar refractivity (Wildman–Crippen MR) is 89.0 cm³/mol. The van der Waals surface area contributed by atoms with Crippen LogP contribution < -0.4 is 10.6 Å². The summed E-state index contributed by atoms with van der Waals surface area (Å²) in [5.74, 6) is 0.129. The number of Topliss-reactive ketones (excluding diaryl/α,β-unsaturated/α-hetero) is 1. The third-order valence-electron chi connectivity index (χ3n) is 2.93. The van der Waals surface area contributed by atoms with Crippen LogP contribution in [0.15, 0.2) is 36.7 Å². The van der Waals surface area contributed by atoms with Crippen molar-refractivity contribution in [3.8, 4) is 0 Å². The molecule has 0 saturated heterocycles. The number of rotatable bonds is 4. The van der Waals surface area contributed by atoms with E-state index in [0.29, 0.717) is 22.8 Å². The molecule has 2 N–H and O–H groups in total. The maximum absolute atomic E-state index is 12.0. The van der Waals surface area contributed by atoms with Crippen molar-refractivity contribution in [1.82, 2.24) is 15.3 Å². The van der Waals surface area contributed by atoms with E-state index in [4.69, 9.17) is 0 Å². The van der Waals surface area contributed by atoms with Crippen LogP contribution in [-0.4, -0.2) is 27.2 Å². The molecular weight excluding hydrogens is 292 g/mol. The van der Waals surface area contributed by atoms with E-state index < -0.39 is 0 Å². The van der Waals surface area contributed by atoms with Crippen LogP contribution in [0, 0.1) is 0 Å². The summed E-state index contributed by atoms with van der Waals surface area (Å²) in [5.41, 5.74) is 1.39. The van der Waals surface area contributed by atoms with E-state index in [-0.39, 0.29) is 17.2 Å². The number of hydrogen-bond acceptors (Lipinski definition) is 5. The summed E-state index contributed by atoms with van der Waals surface area (Å²) >= 11 is 0. The molecule has 0 aliphatic carbocycles. The molecule has 0 unspecified atom stereocenters. The summed E-state index contributed by atoms with van der Waals surface area (Å²) in [6, 6.07) is 7.07. The molecule has 6 nitrogen and oxygen atoms in total. The van der Waals surface area contributed by atoms with Crippen LogP contribution in [0.5, 0.6) is 0 Å². The van der Waals surface area contributed by atoms with E-state index in [9.17, 15) is 9.59 Å². The molecule has 0 atom stereocenters. The predicted octanol–water partition coefficient (Wildman–Crippen LogP) is 2.95. The van der Waals surface area contributed by atoms with Gasteiger partial charge in [-0.3, -0.25) is 9.59 Å². The SMILES string of the molecule is CC(=O)c1cccc(Nc2ncc(C(=O)NC(C)(C)C)cn2)c1. The number of amides is 1. The van der Waals surface area contributed by atoms with Gasteiger partial charge in [-0.15, -0.1) is 0 Å². The molecule has 0 radical (unpaired) electrons. The Balaban J connectivity index is 2.10. The van der Waals surface area contributed by atoms with Crippen LogP contribution in [0.25, 0.3) is 0 Å². The van der Waals surface area contributed by atoms with E-state index in [2.05, 4.69) is 20.6 Å². The fourth-order valence-corrected chi connectivity index (χ4v) is 1.87. The number of nitrogens with zero attached hydrogens (tertiary/aromatic N) is 2. The highest BCUT2D eigenvalue weighted by Gasteiger charge is 2.15. The zero-order valence-corrected chi connectivity index (χ0v) is 13.7. The highest BCUT2D eigenvalue weighted by Crippen LogP contribution is 2.15. The van der Waals surface area contributed by atoms with Gasteiger partial charge in [-0.05, 0) is 39.8 Å². The first kappa shape index (κ1) is 16.6. The smallest absolute Gasteiger partial charge is 0.254 e. The summed E-state index contributed by atoms with van der Waals surface area (Å²) in [4.78, 5) is 31.6. The van der Waals surface area contributed by atoms with Gasteiger partial charge in [0.25, 0.3) is 5.91 Å². The number of hydrogen-bond donors (Lipinski definition) is 2. The van der Waals surface area contributed by atoms with Crippen LogP contribution in [0.2, 0.25) is 0 Å². The molecule has 120 valence electrons. The molecular formula is C17H20N4O2. The lowest BCUT2D eigenvalue weighted by Gasteiger charge is -2.20. The molecule has 0 saturated carbocycles. The lowest BCUT2D eigenvalue weighted by Crippen LogP contribution is -2.40. The van der Waals surface area contributed by atoms with Crippen molar-refractivity contribution in [2.75, 3.05) is 5.32 Å². The number of nitrogens with one attached hydrogen (secondary N) is 2. The van der Waals surface area contributed by atoms with Crippen molar-refractivity contribution in [1.29, 1.82) is 0 Å². The van der Waals surface area contributed by atoms with Crippen molar-refractivity contribution >= 4 is 23.3 Å². The van der Waals surface area contributed by atoms with E-state index in [1.54, 1.807) is 18.2 Å².